The summed E-state index contributed by atoms with van der Waals surface area (Å²) in [5, 5.41) is 0. The number of hydrogen-bond acceptors (Lipinski definition) is 2. The lowest BCUT2D eigenvalue weighted by molar-refractivity contribution is 0.258. The van der Waals surface area contributed by atoms with Gasteiger partial charge in [-0.15, -0.1) is 0 Å². The standard InChI is InChI=1S/C10H17N3/c1-10(4-2-5-10)9-12-7-8(13-9)3-6-11/h7H,2-6,11H2,1H3,(H,12,13). The molecule has 0 amide bonds. The van der Waals surface area contributed by atoms with Crippen molar-refractivity contribution in [3.05, 3.63) is 17.7 Å². The van der Waals surface area contributed by atoms with E-state index in [4.69, 9.17) is 5.73 Å². The molecule has 0 radical (unpaired) electrons. The molecule has 0 spiro atoms. The van der Waals surface area contributed by atoms with E-state index in [1.807, 2.05) is 6.20 Å². The van der Waals surface area contributed by atoms with Crippen LogP contribution in [0.25, 0.3) is 0 Å². The summed E-state index contributed by atoms with van der Waals surface area (Å²) in [6.07, 6.45) is 6.70. The molecule has 0 aromatic carbocycles. The van der Waals surface area contributed by atoms with Gasteiger partial charge in [-0.3, -0.25) is 0 Å². The van der Waals surface area contributed by atoms with Crippen molar-refractivity contribution in [2.75, 3.05) is 6.54 Å². The summed E-state index contributed by atoms with van der Waals surface area (Å²) in [5.41, 5.74) is 6.98. The lowest BCUT2D eigenvalue weighted by atomic mass is 9.70. The summed E-state index contributed by atoms with van der Waals surface area (Å²) in [7, 11) is 0. The molecule has 3 N–H and O–H groups in total. The number of nitrogens with two attached hydrogens (primary N) is 1. The average Bonchev–Trinajstić information content (AvgIpc) is 2.50. The van der Waals surface area contributed by atoms with Crippen LogP contribution in [0.5, 0.6) is 0 Å². The molecule has 0 bridgehead atoms. The molecule has 1 aromatic rings. The molecule has 2 rings (SSSR count). The summed E-state index contributed by atoms with van der Waals surface area (Å²) in [5.74, 6) is 1.15. The molecule has 13 heavy (non-hydrogen) atoms. The predicted molar refractivity (Wildman–Crippen MR) is 52.5 cm³/mol. The highest BCUT2D eigenvalue weighted by Gasteiger charge is 2.36. The Morgan fingerprint density at radius 2 is 2.38 bits per heavy atom. The van der Waals surface area contributed by atoms with Crippen LogP contribution in [-0.2, 0) is 11.8 Å². The number of hydrogen-bond donors (Lipinski definition) is 2. The highest BCUT2D eigenvalue weighted by Crippen LogP contribution is 2.41. The van der Waals surface area contributed by atoms with Crippen LogP contribution in [0.2, 0.25) is 0 Å². The average molecular weight is 179 g/mol. The van der Waals surface area contributed by atoms with Gasteiger partial charge in [0.25, 0.3) is 0 Å². The molecule has 1 aliphatic rings. The van der Waals surface area contributed by atoms with E-state index in [9.17, 15) is 0 Å². The molecule has 1 fully saturated rings. The zero-order valence-electron chi connectivity index (χ0n) is 8.14. The van der Waals surface area contributed by atoms with E-state index >= 15 is 0 Å². The topological polar surface area (TPSA) is 54.7 Å². The fraction of sp³-hybridized carbons (Fsp3) is 0.700. The summed E-state index contributed by atoms with van der Waals surface area (Å²) < 4.78 is 0. The van der Waals surface area contributed by atoms with E-state index in [2.05, 4.69) is 16.9 Å². The van der Waals surface area contributed by atoms with Crippen LogP contribution < -0.4 is 5.73 Å². The van der Waals surface area contributed by atoms with E-state index in [-0.39, 0.29) is 0 Å². The number of H-pyrrole nitrogens is 1. The van der Waals surface area contributed by atoms with E-state index in [0.29, 0.717) is 12.0 Å². The first-order chi connectivity index (χ1) is 6.24. The second-order valence-corrected chi connectivity index (χ2v) is 4.21. The second kappa shape index (κ2) is 3.14. The van der Waals surface area contributed by atoms with Crippen LogP contribution in [0.15, 0.2) is 6.20 Å². The van der Waals surface area contributed by atoms with Crippen LogP contribution in [0.4, 0.5) is 0 Å². The first-order valence-corrected chi connectivity index (χ1v) is 4.99. The molecule has 3 heteroatoms. The lowest BCUT2D eigenvalue weighted by Gasteiger charge is -2.36. The van der Waals surface area contributed by atoms with Gasteiger partial charge in [0.15, 0.2) is 0 Å². The highest BCUT2D eigenvalue weighted by atomic mass is 14.9. The summed E-state index contributed by atoms with van der Waals surface area (Å²) >= 11 is 0. The Morgan fingerprint density at radius 3 is 2.92 bits per heavy atom. The Labute approximate surface area is 78.7 Å². The maximum Gasteiger partial charge on any atom is 0.112 e. The van der Waals surface area contributed by atoms with Gasteiger partial charge in [0, 0.05) is 23.7 Å². The Hall–Kier alpha value is -0.830. The zero-order valence-corrected chi connectivity index (χ0v) is 8.14. The van der Waals surface area contributed by atoms with Gasteiger partial charge in [-0.1, -0.05) is 13.3 Å². The quantitative estimate of drug-likeness (QED) is 0.736. The fourth-order valence-corrected chi connectivity index (χ4v) is 1.89. The van der Waals surface area contributed by atoms with Crippen LogP contribution >= 0.6 is 0 Å². The van der Waals surface area contributed by atoms with Crippen molar-refractivity contribution in [1.82, 2.24) is 9.97 Å². The molecule has 1 heterocycles. The minimum absolute atomic E-state index is 0.326. The van der Waals surface area contributed by atoms with Crippen molar-refractivity contribution >= 4 is 0 Å². The van der Waals surface area contributed by atoms with Crippen molar-refractivity contribution in [1.29, 1.82) is 0 Å². The summed E-state index contributed by atoms with van der Waals surface area (Å²) in [6, 6.07) is 0. The Kier molecular flexibility index (Phi) is 2.12. The third-order valence-corrected chi connectivity index (χ3v) is 3.07. The van der Waals surface area contributed by atoms with Gasteiger partial charge in [0.1, 0.15) is 5.82 Å². The SMILES string of the molecule is CC1(c2ncc(CCN)[nH]2)CCC1. The van der Waals surface area contributed by atoms with Crippen molar-refractivity contribution in [3.63, 3.8) is 0 Å². The third kappa shape index (κ3) is 1.48. The van der Waals surface area contributed by atoms with Crippen molar-refractivity contribution < 1.29 is 0 Å². The molecule has 0 saturated heterocycles. The first kappa shape index (κ1) is 8.75. The maximum absolute atomic E-state index is 5.48. The number of nitrogens with zero attached hydrogens (tertiary/aromatic N) is 1. The number of aromatic amines is 1. The number of aromatic nitrogens is 2. The lowest BCUT2D eigenvalue weighted by Crippen LogP contribution is -2.31. The minimum atomic E-state index is 0.326. The first-order valence-electron chi connectivity index (χ1n) is 4.99. The molecular weight excluding hydrogens is 162 g/mol. The number of rotatable bonds is 3. The van der Waals surface area contributed by atoms with E-state index in [1.54, 1.807) is 0 Å². The fourth-order valence-electron chi connectivity index (χ4n) is 1.89. The summed E-state index contributed by atoms with van der Waals surface area (Å²) in [4.78, 5) is 7.78. The molecule has 1 aromatic heterocycles. The smallest absolute Gasteiger partial charge is 0.112 e. The van der Waals surface area contributed by atoms with Crippen LogP contribution in [0.3, 0.4) is 0 Å². The van der Waals surface area contributed by atoms with Crippen LogP contribution in [0, 0.1) is 0 Å². The van der Waals surface area contributed by atoms with Gasteiger partial charge in [-0.2, -0.15) is 0 Å². The zero-order chi connectivity index (χ0) is 9.31. The van der Waals surface area contributed by atoms with E-state index in [1.165, 1.54) is 25.0 Å². The molecule has 3 nitrogen and oxygen atoms in total. The third-order valence-electron chi connectivity index (χ3n) is 3.07. The largest absolute Gasteiger partial charge is 0.345 e. The molecule has 0 atom stereocenters. The second-order valence-electron chi connectivity index (χ2n) is 4.21. The normalized spacial score (nSPS) is 19.8. The predicted octanol–water partition coefficient (Wildman–Crippen LogP) is 1.35. The minimum Gasteiger partial charge on any atom is -0.345 e. The maximum atomic E-state index is 5.48. The Bertz CT molecular complexity index is 286. The van der Waals surface area contributed by atoms with Crippen LogP contribution in [0.1, 0.15) is 37.7 Å². The number of nitrogens with one attached hydrogen (secondary N) is 1. The molecular formula is C10H17N3. The van der Waals surface area contributed by atoms with Crippen molar-refractivity contribution in [2.45, 2.75) is 38.0 Å². The Morgan fingerprint density at radius 1 is 1.62 bits per heavy atom. The van der Waals surface area contributed by atoms with Gasteiger partial charge in [0.05, 0.1) is 0 Å². The van der Waals surface area contributed by atoms with E-state index in [0.717, 1.165) is 12.2 Å². The van der Waals surface area contributed by atoms with Crippen molar-refractivity contribution in [2.24, 2.45) is 5.73 Å². The monoisotopic (exact) mass is 179 g/mol. The van der Waals surface area contributed by atoms with Gasteiger partial charge >= 0.3 is 0 Å². The molecule has 0 unspecified atom stereocenters. The summed E-state index contributed by atoms with van der Waals surface area (Å²) in [6.45, 7) is 2.97. The Balaban J connectivity index is 2.12. The van der Waals surface area contributed by atoms with Gasteiger partial charge < -0.3 is 10.7 Å². The van der Waals surface area contributed by atoms with Gasteiger partial charge in [-0.25, -0.2) is 4.98 Å². The number of imidazole rings is 1. The molecule has 0 aliphatic heterocycles. The van der Waals surface area contributed by atoms with Gasteiger partial charge in [0.2, 0.25) is 0 Å². The molecule has 1 saturated carbocycles. The van der Waals surface area contributed by atoms with Crippen LogP contribution in [-0.4, -0.2) is 16.5 Å². The van der Waals surface area contributed by atoms with E-state index < -0.39 is 0 Å². The van der Waals surface area contributed by atoms with Gasteiger partial charge in [-0.05, 0) is 19.4 Å². The molecule has 72 valence electrons. The highest BCUT2D eigenvalue weighted by molar-refractivity contribution is 5.14. The van der Waals surface area contributed by atoms with Crippen molar-refractivity contribution in [3.8, 4) is 0 Å². The molecule has 1 aliphatic carbocycles.